The van der Waals surface area contributed by atoms with Crippen molar-refractivity contribution in [3.63, 3.8) is 0 Å². The van der Waals surface area contributed by atoms with Crippen molar-refractivity contribution in [3.8, 4) is 10.6 Å². The first-order chi connectivity index (χ1) is 8.24. The van der Waals surface area contributed by atoms with E-state index in [0.717, 1.165) is 29.3 Å². The van der Waals surface area contributed by atoms with Gasteiger partial charge in [-0.05, 0) is 6.07 Å². The second kappa shape index (κ2) is 3.90. The summed E-state index contributed by atoms with van der Waals surface area (Å²) in [5.41, 5.74) is 0.690. The summed E-state index contributed by atoms with van der Waals surface area (Å²) in [4.78, 5) is 11.0. The third kappa shape index (κ3) is 1.81. The van der Waals surface area contributed by atoms with Crippen LogP contribution in [0.15, 0.2) is 18.3 Å². The van der Waals surface area contributed by atoms with E-state index in [0.29, 0.717) is 11.7 Å². The molecule has 0 saturated carbocycles. The second-order valence-corrected chi connectivity index (χ2v) is 4.85. The molecule has 3 heterocycles. The molecule has 0 bridgehead atoms. The molecule has 0 atom stereocenters. The smallest absolute Gasteiger partial charge is 0.312 e. The molecule has 2 aromatic heterocycles. The summed E-state index contributed by atoms with van der Waals surface area (Å²) >= 11 is 1.11. The van der Waals surface area contributed by atoms with E-state index in [1.165, 1.54) is 6.07 Å². The van der Waals surface area contributed by atoms with Crippen molar-refractivity contribution in [2.75, 3.05) is 13.1 Å². The lowest BCUT2D eigenvalue weighted by molar-refractivity contribution is -0.380. The molecule has 1 aliphatic heterocycles. The molecule has 1 fully saturated rings. The highest BCUT2D eigenvalue weighted by Crippen LogP contribution is 2.31. The molecule has 17 heavy (non-hydrogen) atoms. The van der Waals surface area contributed by atoms with Crippen LogP contribution in [0.25, 0.3) is 10.6 Å². The fraction of sp³-hybridized carbons (Fsp3) is 0.333. The number of thiophene rings is 1. The van der Waals surface area contributed by atoms with Gasteiger partial charge in [-0.15, -0.1) is 5.10 Å². The van der Waals surface area contributed by atoms with Gasteiger partial charge in [0.05, 0.1) is 22.0 Å². The molecule has 0 aromatic carbocycles. The Morgan fingerprint density at radius 2 is 2.35 bits per heavy atom. The molecule has 0 unspecified atom stereocenters. The van der Waals surface area contributed by atoms with Gasteiger partial charge >= 0.3 is 5.00 Å². The molecular weight excluding hydrogens is 242 g/mol. The maximum atomic E-state index is 10.6. The number of hydrogen-bond acceptors (Lipinski definition) is 6. The van der Waals surface area contributed by atoms with E-state index in [2.05, 4.69) is 15.6 Å². The van der Waals surface area contributed by atoms with E-state index in [9.17, 15) is 10.1 Å². The van der Waals surface area contributed by atoms with Crippen molar-refractivity contribution in [2.24, 2.45) is 0 Å². The zero-order valence-electron chi connectivity index (χ0n) is 8.74. The van der Waals surface area contributed by atoms with Crippen LogP contribution in [-0.4, -0.2) is 33.0 Å². The maximum Gasteiger partial charge on any atom is 0.324 e. The number of nitro groups is 1. The highest BCUT2D eigenvalue weighted by atomic mass is 32.1. The third-order valence-electron chi connectivity index (χ3n) is 2.67. The molecule has 2 aromatic rings. The highest BCUT2D eigenvalue weighted by Gasteiger charge is 2.21. The molecule has 0 spiro atoms. The summed E-state index contributed by atoms with van der Waals surface area (Å²) < 4.78 is 1.80. The Morgan fingerprint density at radius 1 is 1.53 bits per heavy atom. The average molecular weight is 251 g/mol. The van der Waals surface area contributed by atoms with Crippen LogP contribution in [-0.2, 0) is 0 Å². The average Bonchev–Trinajstić information content (AvgIpc) is 2.80. The largest absolute Gasteiger partial charge is 0.324 e. The second-order valence-electron chi connectivity index (χ2n) is 3.79. The van der Waals surface area contributed by atoms with Gasteiger partial charge in [-0.1, -0.05) is 16.6 Å². The predicted molar refractivity (Wildman–Crippen MR) is 61.9 cm³/mol. The van der Waals surface area contributed by atoms with Gasteiger partial charge in [0, 0.05) is 19.2 Å². The number of rotatable bonds is 3. The fourth-order valence-electron chi connectivity index (χ4n) is 1.59. The molecule has 0 radical (unpaired) electrons. The van der Waals surface area contributed by atoms with Crippen LogP contribution in [0.1, 0.15) is 6.04 Å². The van der Waals surface area contributed by atoms with Crippen molar-refractivity contribution >= 4 is 16.3 Å². The van der Waals surface area contributed by atoms with Crippen LogP contribution in [0.5, 0.6) is 0 Å². The van der Waals surface area contributed by atoms with Gasteiger partial charge in [0.1, 0.15) is 5.69 Å². The lowest BCUT2D eigenvalue weighted by Crippen LogP contribution is -2.43. The van der Waals surface area contributed by atoms with Crippen molar-refractivity contribution in [3.05, 3.63) is 28.4 Å². The molecular formula is C9H9N5O2S. The Labute approximate surface area is 100 Å². The molecule has 1 aliphatic rings. The number of hydrogen-bond donors (Lipinski definition) is 1. The summed E-state index contributed by atoms with van der Waals surface area (Å²) in [6, 6.07) is 3.55. The maximum absolute atomic E-state index is 10.6. The summed E-state index contributed by atoms with van der Waals surface area (Å²) in [5.74, 6) is 0. The molecule has 1 N–H and O–H groups in total. The van der Waals surface area contributed by atoms with Gasteiger partial charge in [0.25, 0.3) is 0 Å². The van der Waals surface area contributed by atoms with E-state index in [-0.39, 0.29) is 5.00 Å². The van der Waals surface area contributed by atoms with Crippen LogP contribution in [0, 0.1) is 10.1 Å². The lowest BCUT2D eigenvalue weighted by atomic mass is 10.2. The normalized spacial score (nSPS) is 15.8. The van der Waals surface area contributed by atoms with Crippen LogP contribution >= 0.6 is 11.3 Å². The fourth-order valence-corrected chi connectivity index (χ4v) is 2.36. The molecule has 0 aliphatic carbocycles. The first kappa shape index (κ1) is 10.4. The predicted octanol–water partition coefficient (Wildman–Crippen LogP) is 1.06. The monoisotopic (exact) mass is 251 g/mol. The van der Waals surface area contributed by atoms with Gasteiger partial charge in [0.2, 0.25) is 0 Å². The summed E-state index contributed by atoms with van der Waals surface area (Å²) in [5, 5.41) is 21.9. The molecule has 1 saturated heterocycles. The Hall–Kier alpha value is -1.80. The van der Waals surface area contributed by atoms with Crippen molar-refractivity contribution in [1.29, 1.82) is 0 Å². The minimum atomic E-state index is -0.394. The molecule has 8 heteroatoms. The lowest BCUT2D eigenvalue weighted by Gasteiger charge is -2.26. The first-order valence-corrected chi connectivity index (χ1v) is 5.93. The van der Waals surface area contributed by atoms with Crippen LogP contribution in [0.3, 0.4) is 0 Å². The highest BCUT2D eigenvalue weighted by molar-refractivity contribution is 7.18. The van der Waals surface area contributed by atoms with Crippen LogP contribution in [0.2, 0.25) is 0 Å². The zero-order valence-corrected chi connectivity index (χ0v) is 9.55. The number of nitrogens with zero attached hydrogens (tertiary/aromatic N) is 4. The zero-order chi connectivity index (χ0) is 11.8. The van der Waals surface area contributed by atoms with E-state index in [1.54, 1.807) is 10.7 Å². The summed E-state index contributed by atoms with van der Waals surface area (Å²) in [6.45, 7) is 1.79. The first-order valence-electron chi connectivity index (χ1n) is 5.11. The third-order valence-corrected chi connectivity index (χ3v) is 3.73. The van der Waals surface area contributed by atoms with Crippen LogP contribution in [0.4, 0.5) is 5.00 Å². The molecule has 3 rings (SSSR count). The van der Waals surface area contributed by atoms with Crippen molar-refractivity contribution < 1.29 is 4.92 Å². The van der Waals surface area contributed by atoms with Crippen LogP contribution < -0.4 is 5.32 Å². The topological polar surface area (TPSA) is 85.9 Å². The van der Waals surface area contributed by atoms with E-state index < -0.39 is 4.92 Å². The summed E-state index contributed by atoms with van der Waals surface area (Å²) in [6.07, 6.45) is 1.83. The van der Waals surface area contributed by atoms with Gasteiger partial charge < -0.3 is 5.32 Å². The van der Waals surface area contributed by atoms with Gasteiger partial charge in [0.15, 0.2) is 0 Å². The summed E-state index contributed by atoms with van der Waals surface area (Å²) in [7, 11) is 0. The minimum Gasteiger partial charge on any atom is -0.312 e. The van der Waals surface area contributed by atoms with E-state index in [4.69, 9.17) is 0 Å². The Kier molecular flexibility index (Phi) is 2.37. The van der Waals surface area contributed by atoms with Crippen molar-refractivity contribution in [2.45, 2.75) is 6.04 Å². The quantitative estimate of drug-likeness (QED) is 0.651. The van der Waals surface area contributed by atoms with Crippen molar-refractivity contribution in [1.82, 2.24) is 20.3 Å². The van der Waals surface area contributed by atoms with Gasteiger partial charge in [-0.3, -0.25) is 10.1 Å². The molecule has 88 valence electrons. The number of aromatic nitrogens is 3. The number of nitrogens with one attached hydrogen (secondary N) is 1. The van der Waals surface area contributed by atoms with Gasteiger partial charge in [-0.2, -0.15) is 0 Å². The van der Waals surface area contributed by atoms with E-state index >= 15 is 0 Å². The Balaban J connectivity index is 1.87. The van der Waals surface area contributed by atoms with Gasteiger partial charge in [-0.25, -0.2) is 4.68 Å². The molecule has 7 nitrogen and oxygen atoms in total. The Morgan fingerprint density at radius 3 is 2.94 bits per heavy atom. The SMILES string of the molecule is O=[N+]([O-])c1ccc(-c2cn(C3CNC3)nn2)s1. The van der Waals surface area contributed by atoms with E-state index in [1.807, 2.05) is 6.20 Å². The molecule has 0 amide bonds. The minimum absolute atomic E-state index is 0.125. The standard InChI is InChI=1S/C9H9N5O2S/c15-14(16)9-2-1-8(17-9)7-5-13(12-11-7)6-3-10-4-6/h1-2,5-6,10H,3-4H2. The Bertz CT molecular complexity index is 559.